The monoisotopic (exact) mass is 279 g/mol. The molecule has 0 aromatic heterocycles. The zero-order chi connectivity index (χ0) is 15.0. The lowest BCUT2D eigenvalue weighted by Crippen LogP contribution is -2.49. The Labute approximate surface area is 118 Å². The summed E-state index contributed by atoms with van der Waals surface area (Å²) in [6.07, 6.45) is 0.170. The quantitative estimate of drug-likeness (QED) is 0.742. The Morgan fingerprint density at radius 2 is 1.90 bits per heavy atom. The standard InChI is InChI=1S/C15H21NO4/c1-3-8-12(17)13(15(19)20-4-2)16-14(18)11-9-6-5-7-10-11/h5-7,9-10,12-13,17H,3-4,8H2,1-2H3,(H,16,18)/t12-,13-/m1/s1. The molecule has 0 saturated heterocycles. The number of hydrogen-bond donors (Lipinski definition) is 2. The molecule has 0 aliphatic rings. The van der Waals surface area contributed by atoms with Gasteiger partial charge in [-0.15, -0.1) is 0 Å². The first kappa shape index (κ1) is 16.2. The molecule has 0 aliphatic carbocycles. The second kappa shape index (κ2) is 8.32. The number of hydrogen-bond acceptors (Lipinski definition) is 4. The molecule has 5 nitrogen and oxygen atoms in total. The molecule has 0 spiro atoms. The van der Waals surface area contributed by atoms with Crippen LogP contribution in [0.25, 0.3) is 0 Å². The third-order valence-electron chi connectivity index (χ3n) is 2.83. The van der Waals surface area contributed by atoms with Gasteiger partial charge in [0.25, 0.3) is 5.91 Å². The summed E-state index contributed by atoms with van der Waals surface area (Å²) in [5.74, 6) is -1.02. The summed E-state index contributed by atoms with van der Waals surface area (Å²) < 4.78 is 4.89. The molecule has 1 aromatic carbocycles. The van der Waals surface area contributed by atoms with Gasteiger partial charge in [-0.1, -0.05) is 31.5 Å². The average molecular weight is 279 g/mol. The molecule has 5 heteroatoms. The molecule has 20 heavy (non-hydrogen) atoms. The van der Waals surface area contributed by atoms with Crippen molar-refractivity contribution in [1.29, 1.82) is 0 Å². The Morgan fingerprint density at radius 1 is 1.25 bits per heavy atom. The van der Waals surface area contributed by atoms with Crippen LogP contribution in [0.5, 0.6) is 0 Å². The van der Waals surface area contributed by atoms with Crippen molar-refractivity contribution in [3.8, 4) is 0 Å². The van der Waals surface area contributed by atoms with Gasteiger partial charge in [0, 0.05) is 5.56 Å². The highest BCUT2D eigenvalue weighted by atomic mass is 16.5. The second-order valence-corrected chi connectivity index (χ2v) is 4.43. The highest BCUT2D eigenvalue weighted by Crippen LogP contribution is 2.07. The van der Waals surface area contributed by atoms with E-state index in [9.17, 15) is 14.7 Å². The summed E-state index contributed by atoms with van der Waals surface area (Å²) in [7, 11) is 0. The van der Waals surface area contributed by atoms with Gasteiger partial charge in [-0.2, -0.15) is 0 Å². The average Bonchev–Trinajstić information content (AvgIpc) is 2.45. The normalized spacial score (nSPS) is 13.3. The van der Waals surface area contributed by atoms with Gasteiger partial charge in [0.05, 0.1) is 12.7 Å². The van der Waals surface area contributed by atoms with E-state index in [1.165, 1.54) is 0 Å². The smallest absolute Gasteiger partial charge is 0.331 e. The van der Waals surface area contributed by atoms with E-state index in [0.29, 0.717) is 18.4 Å². The summed E-state index contributed by atoms with van der Waals surface area (Å²) in [4.78, 5) is 23.9. The van der Waals surface area contributed by atoms with Crippen molar-refractivity contribution in [1.82, 2.24) is 5.32 Å². The third-order valence-corrected chi connectivity index (χ3v) is 2.83. The van der Waals surface area contributed by atoms with Crippen LogP contribution in [-0.4, -0.2) is 35.7 Å². The van der Waals surface area contributed by atoms with E-state index in [2.05, 4.69) is 5.32 Å². The predicted molar refractivity (Wildman–Crippen MR) is 75.2 cm³/mol. The third kappa shape index (κ3) is 4.66. The maximum absolute atomic E-state index is 12.0. The largest absolute Gasteiger partial charge is 0.464 e. The van der Waals surface area contributed by atoms with Gasteiger partial charge in [-0.05, 0) is 25.5 Å². The molecule has 0 unspecified atom stereocenters. The number of rotatable bonds is 7. The number of benzene rings is 1. The fourth-order valence-electron chi connectivity index (χ4n) is 1.82. The van der Waals surface area contributed by atoms with Crippen LogP contribution in [0, 0.1) is 0 Å². The molecular formula is C15H21NO4. The van der Waals surface area contributed by atoms with Gasteiger partial charge in [0.1, 0.15) is 0 Å². The molecule has 1 amide bonds. The number of aliphatic hydroxyl groups excluding tert-OH is 1. The molecule has 0 bridgehead atoms. The van der Waals surface area contributed by atoms with Crippen LogP contribution >= 0.6 is 0 Å². The maximum atomic E-state index is 12.0. The number of amides is 1. The highest BCUT2D eigenvalue weighted by Gasteiger charge is 2.29. The summed E-state index contributed by atoms with van der Waals surface area (Å²) >= 11 is 0. The zero-order valence-corrected chi connectivity index (χ0v) is 11.8. The minimum absolute atomic E-state index is 0.204. The van der Waals surface area contributed by atoms with E-state index in [0.717, 1.165) is 0 Å². The molecule has 2 N–H and O–H groups in total. The van der Waals surface area contributed by atoms with Crippen LogP contribution in [0.1, 0.15) is 37.0 Å². The summed E-state index contributed by atoms with van der Waals surface area (Å²) in [5, 5.41) is 12.5. The van der Waals surface area contributed by atoms with Crippen LogP contribution in [0.3, 0.4) is 0 Å². The number of nitrogens with one attached hydrogen (secondary N) is 1. The van der Waals surface area contributed by atoms with E-state index in [-0.39, 0.29) is 6.61 Å². The molecule has 0 fully saturated rings. The van der Waals surface area contributed by atoms with Gasteiger partial charge in [0.15, 0.2) is 6.04 Å². The Morgan fingerprint density at radius 3 is 2.45 bits per heavy atom. The van der Waals surface area contributed by atoms with Crippen LogP contribution in [0.4, 0.5) is 0 Å². The molecule has 0 aliphatic heterocycles. The van der Waals surface area contributed by atoms with Gasteiger partial charge in [-0.25, -0.2) is 4.79 Å². The summed E-state index contributed by atoms with van der Waals surface area (Å²) in [6, 6.07) is 7.51. The lowest BCUT2D eigenvalue weighted by atomic mass is 10.1. The lowest BCUT2D eigenvalue weighted by Gasteiger charge is -2.22. The Hall–Kier alpha value is -1.88. The van der Waals surface area contributed by atoms with Crippen LogP contribution in [-0.2, 0) is 9.53 Å². The number of carbonyl (C=O) groups is 2. The molecule has 2 atom stereocenters. The molecule has 0 heterocycles. The van der Waals surface area contributed by atoms with Crippen LogP contribution in [0.15, 0.2) is 30.3 Å². The number of aliphatic hydroxyl groups is 1. The van der Waals surface area contributed by atoms with Gasteiger partial charge in [-0.3, -0.25) is 4.79 Å². The molecule has 0 saturated carbocycles. The van der Waals surface area contributed by atoms with Crippen LogP contribution in [0.2, 0.25) is 0 Å². The minimum atomic E-state index is -1.04. The van der Waals surface area contributed by atoms with E-state index >= 15 is 0 Å². The first-order chi connectivity index (χ1) is 9.60. The van der Waals surface area contributed by atoms with Crippen molar-refractivity contribution in [3.63, 3.8) is 0 Å². The van der Waals surface area contributed by atoms with Crippen molar-refractivity contribution in [2.45, 2.75) is 38.8 Å². The van der Waals surface area contributed by atoms with E-state index in [1.807, 2.05) is 6.92 Å². The second-order valence-electron chi connectivity index (χ2n) is 4.43. The summed E-state index contributed by atoms with van der Waals surface area (Å²) in [6.45, 7) is 3.78. The molecule has 110 valence electrons. The maximum Gasteiger partial charge on any atom is 0.331 e. The predicted octanol–water partition coefficient (Wildman–Crippen LogP) is 1.51. The van der Waals surface area contributed by atoms with Crippen molar-refractivity contribution in [2.24, 2.45) is 0 Å². The summed E-state index contributed by atoms with van der Waals surface area (Å²) in [5.41, 5.74) is 0.436. The van der Waals surface area contributed by atoms with Gasteiger partial charge in [0.2, 0.25) is 0 Å². The highest BCUT2D eigenvalue weighted by molar-refractivity contribution is 5.96. The minimum Gasteiger partial charge on any atom is -0.464 e. The first-order valence-corrected chi connectivity index (χ1v) is 6.80. The fourth-order valence-corrected chi connectivity index (χ4v) is 1.82. The van der Waals surface area contributed by atoms with E-state index in [1.54, 1.807) is 37.3 Å². The van der Waals surface area contributed by atoms with Crippen molar-refractivity contribution >= 4 is 11.9 Å². The van der Waals surface area contributed by atoms with Crippen molar-refractivity contribution in [2.75, 3.05) is 6.61 Å². The first-order valence-electron chi connectivity index (χ1n) is 6.80. The SMILES string of the molecule is CCC[C@@H](O)[C@@H](NC(=O)c1ccccc1)C(=O)OCC. The topological polar surface area (TPSA) is 75.6 Å². The molecule has 1 aromatic rings. The lowest BCUT2D eigenvalue weighted by molar-refractivity contribution is -0.148. The van der Waals surface area contributed by atoms with Gasteiger partial charge < -0.3 is 15.2 Å². The fraction of sp³-hybridized carbons (Fsp3) is 0.467. The number of carbonyl (C=O) groups excluding carboxylic acids is 2. The van der Waals surface area contributed by atoms with Crippen molar-refractivity contribution in [3.05, 3.63) is 35.9 Å². The van der Waals surface area contributed by atoms with Crippen molar-refractivity contribution < 1.29 is 19.4 Å². The Bertz CT molecular complexity index is 433. The number of esters is 1. The van der Waals surface area contributed by atoms with Crippen LogP contribution < -0.4 is 5.32 Å². The van der Waals surface area contributed by atoms with E-state index in [4.69, 9.17) is 4.74 Å². The molecular weight excluding hydrogens is 258 g/mol. The molecule has 1 rings (SSSR count). The van der Waals surface area contributed by atoms with Gasteiger partial charge >= 0.3 is 5.97 Å². The Kier molecular flexibility index (Phi) is 6.73. The van der Waals surface area contributed by atoms with E-state index < -0.39 is 24.0 Å². The Balaban J connectivity index is 2.78. The number of ether oxygens (including phenoxy) is 1. The zero-order valence-electron chi connectivity index (χ0n) is 11.8. The molecule has 0 radical (unpaired) electrons.